The monoisotopic (exact) mass is 470 g/mol. The minimum atomic E-state index is -0.332. The zero-order valence-corrected chi connectivity index (χ0v) is 21.7. The highest BCUT2D eigenvalue weighted by Crippen LogP contribution is 2.23. The molecule has 0 radical (unpaired) electrons. The van der Waals surface area contributed by atoms with E-state index in [2.05, 4.69) is 144 Å². The third-order valence-corrected chi connectivity index (χ3v) is 7.54. The Bertz CT molecular complexity index is 1190. The summed E-state index contributed by atoms with van der Waals surface area (Å²) in [6.07, 6.45) is 6.85. The predicted octanol–water partition coefficient (Wildman–Crippen LogP) is 5.51. The molecule has 35 heavy (non-hydrogen) atoms. The molecule has 0 bridgehead atoms. The first-order valence-electron chi connectivity index (χ1n) is 12.2. The van der Waals surface area contributed by atoms with Crippen molar-refractivity contribution < 1.29 is 0 Å². The Kier molecular flexibility index (Phi) is 9.08. The van der Waals surface area contributed by atoms with Crippen LogP contribution in [0.25, 0.3) is 5.57 Å². The van der Waals surface area contributed by atoms with Gasteiger partial charge in [0.15, 0.2) is 0 Å². The van der Waals surface area contributed by atoms with Gasteiger partial charge in [0.25, 0.3) is 0 Å². The van der Waals surface area contributed by atoms with Crippen LogP contribution in [-0.4, -0.2) is 26.9 Å². The Morgan fingerprint density at radius 1 is 0.714 bits per heavy atom. The van der Waals surface area contributed by atoms with Crippen molar-refractivity contribution in [3.05, 3.63) is 168 Å². The molecule has 0 amide bonds. The van der Waals surface area contributed by atoms with Crippen LogP contribution in [-0.2, 0) is 6.17 Å². The summed E-state index contributed by atoms with van der Waals surface area (Å²) >= 11 is 0. The van der Waals surface area contributed by atoms with Crippen molar-refractivity contribution in [3.8, 4) is 0 Å². The number of hydrogen-bond donors (Lipinski definition) is 0. The van der Waals surface area contributed by atoms with Crippen molar-refractivity contribution in [2.24, 2.45) is 0 Å². The summed E-state index contributed by atoms with van der Waals surface area (Å²) in [4.78, 5) is 4.10. The zero-order chi connectivity index (χ0) is 24.1. The fourth-order valence-electron chi connectivity index (χ4n) is 4.09. The van der Waals surface area contributed by atoms with E-state index >= 15 is 0 Å². The van der Waals surface area contributed by atoms with E-state index in [-0.39, 0.29) is 9.52 Å². The maximum absolute atomic E-state index is 4.10. The summed E-state index contributed by atoms with van der Waals surface area (Å²) in [5, 5.41) is 0. The maximum Gasteiger partial charge on any atom is 0.116 e. The summed E-state index contributed by atoms with van der Waals surface area (Å²) in [5.74, 6) is 0.484. The number of hydrogen-bond acceptors (Lipinski definition) is 1. The fourth-order valence-corrected chi connectivity index (χ4v) is 5.54. The minimum Gasteiger partial charge on any atom is -0.341 e. The largest absolute Gasteiger partial charge is 0.341 e. The van der Waals surface area contributed by atoms with Crippen molar-refractivity contribution in [1.29, 1.82) is 0 Å². The maximum atomic E-state index is 4.10. The van der Waals surface area contributed by atoms with E-state index in [0.29, 0.717) is 5.82 Å². The van der Waals surface area contributed by atoms with Gasteiger partial charge in [0.2, 0.25) is 0 Å². The van der Waals surface area contributed by atoms with Crippen LogP contribution in [0, 0.1) is 0 Å². The van der Waals surface area contributed by atoms with Crippen LogP contribution in [0.2, 0.25) is 0 Å². The van der Waals surface area contributed by atoms with Gasteiger partial charge in [-0.3, -0.25) is 0 Å². The second kappa shape index (κ2) is 13.1. The number of imidazole rings is 1. The lowest BCUT2D eigenvalue weighted by Gasteiger charge is -2.11. The lowest BCUT2D eigenvalue weighted by molar-refractivity contribution is 0.874. The molecule has 4 heteroatoms. The molecule has 0 saturated carbocycles. The van der Waals surface area contributed by atoms with Gasteiger partial charge >= 0.3 is 0 Å². The summed E-state index contributed by atoms with van der Waals surface area (Å²) in [5.41, 5.74) is 9.13. The standard InChI is InChI=1S/C18H18N2Si.C13H13B/c1-3-7-16(8-4-1)18(17-9-5-2-6-10-17)13-21-15-20-12-11-19-14-20;14-13(11-7-3-1-4-8-11)12-9-5-2-6-10-12/h1-14H,15,21H2;1-10,13H,14H2. The van der Waals surface area contributed by atoms with Crippen LogP contribution in [0.5, 0.6) is 0 Å². The van der Waals surface area contributed by atoms with E-state index in [4.69, 9.17) is 0 Å². The van der Waals surface area contributed by atoms with Crippen LogP contribution >= 0.6 is 0 Å². The molecule has 5 aromatic rings. The van der Waals surface area contributed by atoms with Gasteiger partial charge in [-0.2, -0.15) is 0 Å². The van der Waals surface area contributed by atoms with Gasteiger partial charge in [-0.1, -0.05) is 127 Å². The van der Waals surface area contributed by atoms with Crippen molar-refractivity contribution in [2.75, 3.05) is 0 Å². The fraction of sp³-hybridized carbons (Fsp3) is 0.0645. The third-order valence-electron chi connectivity index (χ3n) is 6.06. The van der Waals surface area contributed by atoms with E-state index in [9.17, 15) is 0 Å². The molecular weight excluding hydrogens is 439 g/mol. The first-order chi connectivity index (χ1) is 17.3. The SMILES string of the molecule is BC(c1ccccc1)c1ccccc1.C([SiH2]Cn1ccnc1)=C(c1ccccc1)c1ccccc1. The van der Waals surface area contributed by atoms with Gasteiger partial charge in [0.05, 0.1) is 15.8 Å². The van der Waals surface area contributed by atoms with E-state index < -0.39 is 0 Å². The Morgan fingerprint density at radius 3 is 1.60 bits per heavy atom. The molecule has 0 N–H and O–H groups in total. The van der Waals surface area contributed by atoms with Crippen molar-refractivity contribution in [2.45, 2.75) is 12.0 Å². The van der Waals surface area contributed by atoms with E-state index in [1.165, 1.54) is 27.8 Å². The first kappa shape index (κ1) is 24.2. The predicted molar refractivity (Wildman–Crippen MR) is 154 cm³/mol. The topological polar surface area (TPSA) is 17.8 Å². The normalized spacial score (nSPS) is 10.7. The first-order valence-corrected chi connectivity index (χ1v) is 14.0. The number of benzene rings is 4. The average Bonchev–Trinajstić information content (AvgIpc) is 3.47. The molecule has 0 fully saturated rings. The molecule has 0 spiro atoms. The molecule has 0 aliphatic heterocycles. The average molecular weight is 471 g/mol. The van der Waals surface area contributed by atoms with Gasteiger partial charge in [0.1, 0.15) is 7.85 Å². The Balaban J connectivity index is 0.000000179. The number of nitrogens with zero attached hydrogens (tertiary/aromatic N) is 2. The van der Waals surface area contributed by atoms with Crippen LogP contribution in [0.3, 0.4) is 0 Å². The summed E-state index contributed by atoms with van der Waals surface area (Å²) in [7, 11) is 1.91. The summed E-state index contributed by atoms with van der Waals surface area (Å²) in [6.45, 7) is 0. The molecule has 1 aromatic heterocycles. The van der Waals surface area contributed by atoms with E-state index in [1.807, 2.05) is 18.7 Å². The van der Waals surface area contributed by atoms with Gasteiger partial charge < -0.3 is 4.57 Å². The van der Waals surface area contributed by atoms with Crippen molar-refractivity contribution in [3.63, 3.8) is 0 Å². The number of rotatable bonds is 7. The highest BCUT2D eigenvalue weighted by atomic mass is 28.2. The van der Waals surface area contributed by atoms with Gasteiger partial charge in [-0.15, -0.1) is 0 Å². The van der Waals surface area contributed by atoms with E-state index in [1.54, 1.807) is 0 Å². The second-order valence-corrected chi connectivity index (χ2v) is 9.91. The van der Waals surface area contributed by atoms with Crippen LogP contribution in [0.15, 0.2) is 146 Å². The molecule has 4 aromatic carbocycles. The highest BCUT2D eigenvalue weighted by Gasteiger charge is 2.06. The molecule has 0 aliphatic carbocycles. The number of aromatic nitrogens is 2. The Labute approximate surface area is 212 Å². The lowest BCUT2D eigenvalue weighted by Crippen LogP contribution is -2.02. The highest BCUT2D eigenvalue weighted by molar-refractivity contribution is 6.42. The van der Waals surface area contributed by atoms with Gasteiger partial charge in [-0.05, 0) is 33.6 Å². The molecule has 0 unspecified atom stereocenters. The summed E-state index contributed by atoms with van der Waals surface area (Å²) < 4.78 is 2.16. The minimum absolute atomic E-state index is 0.332. The molecular formula is C31H31BN2Si. The molecule has 5 rings (SSSR count). The molecule has 172 valence electrons. The Morgan fingerprint density at radius 2 is 1.17 bits per heavy atom. The Hall–Kier alpha value is -3.89. The van der Waals surface area contributed by atoms with E-state index in [0.717, 1.165) is 6.17 Å². The molecule has 1 heterocycles. The smallest absolute Gasteiger partial charge is 0.116 e. The molecule has 0 atom stereocenters. The third kappa shape index (κ3) is 7.30. The van der Waals surface area contributed by atoms with Crippen molar-refractivity contribution in [1.82, 2.24) is 9.55 Å². The molecule has 2 nitrogen and oxygen atoms in total. The van der Waals surface area contributed by atoms with Gasteiger partial charge in [0, 0.05) is 18.6 Å². The molecule has 0 saturated heterocycles. The second-order valence-electron chi connectivity index (χ2n) is 8.48. The lowest BCUT2D eigenvalue weighted by atomic mass is 9.76. The zero-order valence-electron chi connectivity index (χ0n) is 20.2. The van der Waals surface area contributed by atoms with Crippen LogP contribution < -0.4 is 0 Å². The van der Waals surface area contributed by atoms with Crippen LogP contribution in [0.1, 0.15) is 28.1 Å². The van der Waals surface area contributed by atoms with Crippen molar-refractivity contribution >= 4 is 22.9 Å². The quantitative estimate of drug-likeness (QED) is 0.287. The molecule has 0 aliphatic rings. The van der Waals surface area contributed by atoms with Crippen LogP contribution in [0.4, 0.5) is 0 Å². The summed E-state index contributed by atoms with van der Waals surface area (Å²) in [6, 6.07) is 42.5. The van der Waals surface area contributed by atoms with Gasteiger partial charge in [-0.25, -0.2) is 4.98 Å².